The van der Waals surface area contributed by atoms with E-state index in [4.69, 9.17) is 0 Å². The van der Waals surface area contributed by atoms with E-state index < -0.39 is 0 Å². The maximum absolute atomic E-state index is 2.62. The largest absolute Gasteiger partial charge is 0.326 e. The number of hydrogen-bond acceptors (Lipinski definition) is 0. The van der Waals surface area contributed by atoms with Crippen molar-refractivity contribution in [1.29, 1.82) is 0 Å². The molecular weight excluding hydrogens is 843 g/mol. The maximum atomic E-state index is 2.62. The number of hydrogen-bond donors (Lipinski definition) is 0. The summed E-state index contributed by atoms with van der Waals surface area (Å²) in [6.45, 7) is 8.37. The summed E-state index contributed by atoms with van der Waals surface area (Å²) in [5.41, 5.74) is 0. The normalized spacial score (nSPS) is 12.1. The van der Waals surface area contributed by atoms with Gasteiger partial charge in [-0.15, -0.1) is 0 Å². The summed E-state index contributed by atoms with van der Waals surface area (Å²) in [5, 5.41) is 0. The van der Waals surface area contributed by atoms with Crippen molar-refractivity contribution in [3.05, 3.63) is 0 Å². The number of rotatable bonds is 64. The minimum Gasteiger partial charge on any atom is -0.326 e. The smallest absolute Gasteiger partial charge is 0.0886 e. The van der Waals surface area contributed by atoms with Gasteiger partial charge in [-0.3, -0.25) is 0 Å². The third kappa shape index (κ3) is 57.2. The Hall–Kier alpha value is -0.0400. The summed E-state index contributed by atoms with van der Waals surface area (Å²) in [5.74, 6) is 0. The monoisotopic (exact) mass is 985 g/mol. The molecule has 0 aromatic carbocycles. The lowest BCUT2D eigenvalue weighted by atomic mass is 9.96. The lowest BCUT2D eigenvalue weighted by molar-refractivity contribution is -0.916. The second-order valence-corrected chi connectivity index (χ2v) is 24.9. The Morgan fingerprint density at radius 1 is 0.171 bits per heavy atom. The van der Waals surface area contributed by atoms with Gasteiger partial charge in [0.15, 0.2) is 0 Å². The Balaban J connectivity index is 4.18. The highest BCUT2D eigenvalue weighted by molar-refractivity contribution is 4.63. The molecule has 0 aromatic rings. The van der Waals surface area contributed by atoms with Crippen LogP contribution < -0.4 is 0 Å². The lowest BCUT2D eigenvalue weighted by Crippen LogP contribution is -2.49. The van der Waals surface area contributed by atoms with Crippen molar-refractivity contribution in [2.24, 2.45) is 0 Å². The van der Waals surface area contributed by atoms with Crippen molar-refractivity contribution in [3.8, 4) is 0 Å². The highest BCUT2D eigenvalue weighted by atomic mass is 15.3. The molecular formula is C69H142N+. The molecule has 0 radical (unpaired) electrons. The third-order valence-corrected chi connectivity index (χ3v) is 17.4. The summed E-state index contributed by atoms with van der Waals surface area (Å²) in [7, 11) is 5.24. The van der Waals surface area contributed by atoms with Gasteiger partial charge in [0.1, 0.15) is 0 Å². The van der Waals surface area contributed by atoms with Crippen molar-refractivity contribution in [2.45, 2.75) is 425 Å². The Morgan fingerprint density at radius 3 is 0.457 bits per heavy atom. The zero-order valence-corrected chi connectivity index (χ0v) is 50.6. The van der Waals surface area contributed by atoms with Crippen molar-refractivity contribution in [1.82, 2.24) is 0 Å². The van der Waals surface area contributed by atoms with E-state index in [-0.39, 0.29) is 0 Å². The molecule has 0 fully saturated rings. The van der Waals surface area contributed by atoms with Gasteiger partial charge in [0.25, 0.3) is 0 Å². The van der Waals surface area contributed by atoms with Crippen molar-refractivity contribution in [3.63, 3.8) is 0 Å². The van der Waals surface area contributed by atoms with E-state index in [0.29, 0.717) is 0 Å². The summed E-state index contributed by atoms with van der Waals surface area (Å²) in [6.07, 6.45) is 91.6. The van der Waals surface area contributed by atoms with Crippen molar-refractivity contribution >= 4 is 0 Å². The predicted molar refractivity (Wildman–Crippen MR) is 324 cm³/mol. The fourth-order valence-corrected chi connectivity index (χ4v) is 12.1. The van der Waals surface area contributed by atoms with Crippen LogP contribution >= 0.6 is 0 Å². The molecule has 422 valence electrons. The van der Waals surface area contributed by atoms with E-state index in [2.05, 4.69) is 34.9 Å². The van der Waals surface area contributed by atoms with Gasteiger partial charge in [0, 0.05) is 0 Å². The third-order valence-electron chi connectivity index (χ3n) is 17.4. The fraction of sp³-hybridized carbons (Fsp3) is 1.00. The van der Waals surface area contributed by atoms with Gasteiger partial charge in [-0.2, -0.15) is 0 Å². The van der Waals surface area contributed by atoms with E-state index in [1.165, 1.54) is 409 Å². The highest BCUT2D eigenvalue weighted by Crippen LogP contribution is 2.25. The lowest BCUT2D eigenvalue weighted by Gasteiger charge is -2.39. The van der Waals surface area contributed by atoms with E-state index in [9.17, 15) is 0 Å². The minimum absolute atomic E-state index is 0.881. The fourth-order valence-electron chi connectivity index (χ4n) is 12.1. The van der Waals surface area contributed by atoms with Gasteiger partial charge >= 0.3 is 0 Å². The van der Waals surface area contributed by atoms with Gasteiger partial charge in [-0.05, 0) is 38.5 Å². The first-order chi connectivity index (χ1) is 34.6. The number of quaternary nitrogens is 1. The van der Waals surface area contributed by atoms with Crippen LogP contribution in [0.5, 0.6) is 0 Å². The first-order valence-corrected chi connectivity index (χ1v) is 34.4. The molecule has 0 bridgehead atoms. The maximum Gasteiger partial charge on any atom is 0.0886 e. The molecule has 1 heteroatoms. The van der Waals surface area contributed by atoms with Crippen molar-refractivity contribution in [2.75, 3.05) is 20.6 Å². The van der Waals surface area contributed by atoms with Gasteiger partial charge in [0.2, 0.25) is 0 Å². The Bertz CT molecular complexity index is 848. The Labute approximate surface area is 448 Å². The first-order valence-electron chi connectivity index (χ1n) is 34.4. The van der Waals surface area contributed by atoms with Crippen LogP contribution in [0, 0.1) is 0 Å². The first kappa shape index (κ1) is 70.0. The summed E-state index contributed by atoms with van der Waals surface area (Å²) >= 11 is 0. The molecule has 0 atom stereocenters. The average molecular weight is 986 g/mol. The second kappa shape index (κ2) is 61.5. The molecule has 0 unspecified atom stereocenters. The van der Waals surface area contributed by atoms with E-state index in [1.807, 2.05) is 0 Å². The number of nitrogens with zero attached hydrogens (tertiary/aromatic N) is 1. The highest BCUT2D eigenvalue weighted by Gasteiger charge is 2.27. The SMILES string of the molecule is CCCCCCCCCCCCCCCCCCCCCCC(CCCCCCCCCCCCCCCCCCCCCC)[N+](C)(C)CCCCCCCCCCCCCCCCCCCCCC. The van der Waals surface area contributed by atoms with Gasteiger partial charge in [-0.25, -0.2) is 0 Å². The van der Waals surface area contributed by atoms with Crippen LogP contribution in [0.2, 0.25) is 0 Å². The van der Waals surface area contributed by atoms with Crippen LogP contribution in [0.3, 0.4) is 0 Å². The van der Waals surface area contributed by atoms with E-state index in [0.717, 1.165) is 6.04 Å². The molecule has 0 aliphatic carbocycles. The van der Waals surface area contributed by atoms with E-state index in [1.54, 1.807) is 0 Å². The Morgan fingerprint density at radius 2 is 0.300 bits per heavy atom. The van der Waals surface area contributed by atoms with Crippen LogP contribution in [-0.2, 0) is 0 Å². The van der Waals surface area contributed by atoms with Crippen LogP contribution in [0.4, 0.5) is 0 Å². The summed E-state index contributed by atoms with van der Waals surface area (Å²) in [4.78, 5) is 0. The van der Waals surface area contributed by atoms with Crippen LogP contribution in [0.15, 0.2) is 0 Å². The van der Waals surface area contributed by atoms with Crippen LogP contribution in [0.1, 0.15) is 419 Å². The zero-order chi connectivity index (χ0) is 50.6. The molecule has 1 nitrogen and oxygen atoms in total. The molecule has 0 heterocycles. The molecule has 0 aliphatic rings. The topological polar surface area (TPSA) is 0 Å². The van der Waals surface area contributed by atoms with Gasteiger partial charge in [0.05, 0.1) is 26.7 Å². The molecule has 0 amide bonds. The molecule has 0 saturated carbocycles. The Kier molecular flexibility index (Phi) is 61.5. The molecule has 0 aromatic heterocycles. The zero-order valence-electron chi connectivity index (χ0n) is 50.6. The second-order valence-electron chi connectivity index (χ2n) is 24.9. The summed E-state index contributed by atoms with van der Waals surface area (Å²) in [6, 6.07) is 0.881. The average Bonchev–Trinajstić information content (AvgIpc) is 3.36. The van der Waals surface area contributed by atoms with Gasteiger partial charge in [-0.1, -0.05) is 380 Å². The molecule has 0 N–H and O–H groups in total. The van der Waals surface area contributed by atoms with E-state index >= 15 is 0 Å². The standard InChI is InChI=1S/C69H142N/c1-6-9-12-15-18-21-24-27-30-33-36-39-42-45-48-51-54-57-60-63-66-69(67-64-61-58-55-52-49-46-43-40-37-34-31-28-25-22-19-16-13-10-7-2)70(4,5)68-65-62-59-56-53-50-47-44-41-38-35-32-29-26-23-20-17-14-11-8-3/h69H,6-68H2,1-5H3/q+1. The summed E-state index contributed by atoms with van der Waals surface area (Å²) < 4.78 is 1.29. The molecule has 0 spiro atoms. The molecule has 0 aliphatic heterocycles. The molecule has 70 heavy (non-hydrogen) atoms. The van der Waals surface area contributed by atoms with Gasteiger partial charge < -0.3 is 4.48 Å². The number of unbranched alkanes of at least 4 members (excludes halogenated alkanes) is 57. The quantitative estimate of drug-likeness (QED) is 0.0421. The predicted octanol–water partition coefficient (Wildman–Crippen LogP) is 25.7. The molecule has 0 saturated heterocycles. The van der Waals surface area contributed by atoms with Crippen LogP contribution in [0.25, 0.3) is 0 Å². The molecule has 0 rings (SSSR count). The van der Waals surface area contributed by atoms with Crippen molar-refractivity contribution < 1.29 is 4.48 Å². The van der Waals surface area contributed by atoms with Crippen LogP contribution in [-0.4, -0.2) is 31.2 Å². The minimum atomic E-state index is 0.881.